The Labute approximate surface area is 88.3 Å². The predicted octanol–water partition coefficient (Wildman–Crippen LogP) is 1.10. The second kappa shape index (κ2) is 4.11. The summed E-state index contributed by atoms with van der Waals surface area (Å²) in [4.78, 5) is 2.29. The van der Waals surface area contributed by atoms with Gasteiger partial charge in [-0.15, -0.1) is 10.2 Å². The molecule has 0 radical (unpaired) electrons. The second-order valence-corrected chi connectivity index (χ2v) is 4.10. The lowest BCUT2D eigenvalue weighted by molar-refractivity contribution is 0.144. The van der Waals surface area contributed by atoms with Gasteiger partial charge in [0.2, 0.25) is 0 Å². The van der Waals surface area contributed by atoms with Crippen LogP contribution in [-0.2, 0) is 0 Å². The van der Waals surface area contributed by atoms with Crippen LogP contribution in [0.3, 0.4) is 0 Å². The van der Waals surface area contributed by atoms with Crippen molar-refractivity contribution in [2.24, 2.45) is 5.92 Å². The third kappa shape index (κ3) is 2.33. The zero-order valence-electron chi connectivity index (χ0n) is 8.07. The third-order valence-corrected chi connectivity index (χ3v) is 2.55. The summed E-state index contributed by atoms with van der Waals surface area (Å²) in [6, 6.07) is 3.58. The van der Waals surface area contributed by atoms with Crippen molar-refractivity contribution in [3.63, 3.8) is 0 Å². The first-order valence-corrected chi connectivity index (χ1v) is 5.03. The summed E-state index contributed by atoms with van der Waals surface area (Å²) in [5, 5.41) is 11.3. The van der Waals surface area contributed by atoms with Gasteiger partial charge >= 0.3 is 0 Å². The summed E-state index contributed by atoms with van der Waals surface area (Å²) in [7, 11) is 2.12. The summed E-state index contributed by atoms with van der Waals surface area (Å²) in [6.07, 6.45) is 0. The van der Waals surface area contributed by atoms with Crippen molar-refractivity contribution in [1.82, 2.24) is 15.1 Å². The Balaban J connectivity index is 1.78. The third-order valence-electron chi connectivity index (χ3n) is 2.34. The molecule has 0 aliphatic carbocycles. The monoisotopic (exact) mass is 212 g/mol. The number of hydrogen-bond donors (Lipinski definition) is 1. The van der Waals surface area contributed by atoms with Crippen LogP contribution in [0.15, 0.2) is 12.1 Å². The van der Waals surface area contributed by atoms with Gasteiger partial charge in [0, 0.05) is 25.6 Å². The number of likely N-dealkylation sites (tertiary alicyclic amines) is 1. The molecule has 2 rings (SSSR count). The summed E-state index contributed by atoms with van der Waals surface area (Å²) >= 11 is 5.62. The molecule has 1 aliphatic heterocycles. The topological polar surface area (TPSA) is 41.0 Å². The van der Waals surface area contributed by atoms with Crippen molar-refractivity contribution < 1.29 is 0 Å². The lowest BCUT2D eigenvalue weighted by atomic mass is 10.0. The quantitative estimate of drug-likeness (QED) is 0.815. The molecule has 0 bridgehead atoms. The summed E-state index contributed by atoms with van der Waals surface area (Å²) in [5.74, 6) is 1.53. The average Bonchev–Trinajstić information content (AvgIpc) is 2.13. The van der Waals surface area contributed by atoms with E-state index in [1.165, 1.54) is 0 Å². The molecule has 0 unspecified atom stereocenters. The van der Waals surface area contributed by atoms with Gasteiger partial charge in [-0.3, -0.25) is 0 Å². The molecule has 0 spiro atoms. The normalized spacial score (nSPS) is 17.9. The Kier molecular flexibility index (Phi) is 2.84. The second-order valence-electron chi connectivity index (χ2n) is 3.71. The van der Waals surface area contributed by atoms with Crippen molar-refractivity contribution in [2.45, 2.75) is 0 Å². The first kappa shape index (κ1) is 9.68. The van der Waals surface area contributed by atoms with Gasteiger partial charge in [-0.2, -0.15) is 0 Å². The van der Waals surface area contributed by atoms with E-state index in [-0.39, 0.29) is 0 Å². The van der Waals surface area contributed by atoms with E-state index in [0.29, 0.717) is 5.15 Å². The molecule has 76 valence electrons. The van der Waals surface area contributed by atoms with Gasteiger partial charge in [-0.1, -0.05) is 11.6 Å². The zero-order valence-corrected chi connectivity index (χ0v) is 8.83. The molecule has 1 aliphatic rings. The lowest BCUT2D eigenvalue weighted by Crippen LogP contribution is -2.46. The Bertz CT molecular complexity index is 294. The number of nitrogens with zero attached hydrogens (tertiary/aromatic N) is 3. The summed E-state index contributed by atoms with van der Waals surface area (Å²) in [5.41, 5.74) is 0. The van der Waals surface area contributed by atoms with E-state index in [2.05, 4.69) is 27.5 Å². The molecule has 2 heterocycles. The molecular formula is C9H13ClN4. The van der Waals surface area contributed by atoms with Crippen LogP contribution >= 0.6 is 11.6 Å². The number of rotatable bonds is 3. The Morgan fingerprint density at radius 1 is 1.50 bits per heavy atom. The van der Waals surface area contributed by atoms with Crippen LogP contribution in [0, 0.1) is 5.92 Å². The fraction of sp³-hybridized carbons (Fsp3) is 0.556. The van der Waals surface area contributed by atoms with E-state index in [4.69, 9.17) is 11.6 Å². The predicted molar refractivity (Wildman–Crippen MR) is 56.5 cm³/mol. The molecular weight excluding hydrogens is 200 g/mol. The molecule has 4 nitrogen and oxygen atoms in total. The van der Waals surface area contributed by atoms with Crippen molar-refractivity contribution in [2.75, 3.05) is 32.0 Å². The molecule has 1 fully saturated rings. The summed E-state index contributed by atoms with van der Waals surface area (Å²) in [6.45, 7) is 3.28. The van der Waals surface area contributed by atoms with Crippen molar-refractivity contribution in [3.05, 3.63) is 17.3 Å². The van der Waals surface area contributed by atoms with Gasteiger partial charge < -0.3 is 10.2 Å². The highest BCUT2D eigenvalue weighted by Crippen LogP contribution is 2.13. The number of aromatic nitrogens is 2. The van der Waals surface area contributed by atoms with Gasteiger partial charge in [-0.25, -0.2) is 0 Å². The van der Waals surface area contributed by atoms with Crippen LogP contribution in [0.2, 0.25) is 5.15 Å². The molecule has 0 amide bonds. The molecule has 5 heteroatoms. The Morgan fingerprint density at radius 2 is 2.29 bits per heavy atom. The molecule has 1 N–H and O–H groups in total. The molecule has 1 saturated heterocycles. The Hall–Kier alpha value is -0.870. The smallest absolute Gasteiger partial charge is 0.151 e. The van der Waals surface area contributed by atoms with Gasteiger partial charge in [0.15, 0.2) is 5.15 Å². The van der Waals surface area contributed by atoms with Crippen LogP contribution < -0.4 is 5.32 Å². The maximum atomic E-state index is 5.62. The van der Waals surface area contributed by atoms with Crippen LogP contribution in [0.4, 0.5) is 5.82 Å². The van der Waals surface area contributed by atoms with E-state index in [0.717, 1.165) is 31.4 Å². The minimum atomic E-state index is 0.430. The van der Waals surface area contributed by atoms with Crippen LogP contribution in [0.5, 0.6) is 0 Å². The van der Waals surface area contributed by atoms with Crippen LogP contribution in [0.1, 0.15) is 0 Å². The molecule has 0 saturated carbocycles. The van der Waals surface area contributed by atoms with E-state index in [1.807, 2.05) is 6.07 Å². The standard InChI is InChI=1S/C9H13ClN4/c1-14-5-7(6-14)4-11-9-3-2-8(10)12-13-9/h2-3,7H,4-6H2,1H3,(H,11,13). The molecule has 0 atom stereocenters. The van der Waals surface area contributed by atoms with E-state index < -0.39 is 0 Å². The van der Waals surface area contributed by atoms with Crippen molar-refractivity contribution in [3.8, 4) is 0 Å². The highest BCUT2D eigenvalue weighted by Gasteiger charge is 2.22. The van der Waals surface area contributed by atoms with E-state index >= 15 is 0 Å². The van der Waals surface area contributed by atoms with Crippen molar-refractivity contribution >= 4 is 17.4 Å². The molecule has 0 aromatic carbocycles. The van der Waals surface area contributed by atoms with E-state index in [9.17, 15) is 0 Å². The molecule has 14 heavy (non-hydrogen) atoms. The molecule has 1 aromatic heterocycles. The number of anilines is 1. The first-order chi connectivity index (χ1) is 6.74. The fourth-order valence-corrected chi connectivity index (χ4v) is 1.72. The SMILES string of the molecule is CN1CC(CNc2ccc(Cl)nn2)C1. The van der Waals surface area contributed by atoms with Crippen LogP contribution in [-0.4, -0.2) is 41.8 Å². The van der Waals surface area contributed by atoms with E-state index in [1.54, 1.807) is 6.07 Å². The minimum Gasteiger partial charge on any atom is -0.368 e. The fourth-order valence-electron chi connectivity index (χ4n) is 1.62. The highest BCUT2D eigenvalue weighted by atomic mass is 35.5. The number of nitrogens with one attached hydrogen (secondary N) is 1. The van der Waals surface area contributed by atoms with Crippen molar-refractivity contribution in [1.29, 1.82) is 0 Å². The highest BCUT2D eigenvalue weighted by molar-refractivity contribution is 6.29. The minimum absolute atomic E-state index is 0.430. The van der Waals surface area contributed by atoms with Gasteiger partial charge in [0.25, 0.3) is 0 Å². The largest absolute Gasteiger partial charge is 0.368 e. The van der Waals surface area contributed by atoms with Gasteiger partial charge in [-0.05, 0) is 19.2 Å². The average molecular weight is 213 g/mol. The summed E-state index contributed by atoms with van der Waals surface area (Å²) < 4.78 is 0. The van der Waals surface area contributed by atoms with Gasteiger partial charge in [0.05, 0.1) is 0 Å². The lowest BCUT2D eigenvalue weighted by Gasteiger charge is -2.36. The number of hydrogen-bond acceptors (Lipinski definition) is 4. The molecule has 1 aromatic rings. The van der Waals surface area contributed by atoms with Gasteiger partial charge in [0.1, 0.15) is 5.82 Å². The maximum absolute atomic E-state index is 5.62. The number of halogens is 1. The Morgan fingerprint density at radius 3 is 2.86 bits per heavy atom. The maximum Gasteiger partial charge on any atom is 0.151 e. The van der Waals surface area contributed by atoms with Crippen LogP contribution in [0.25, 0.3) is 0 Å². The zero-order chi connectivity index (χ0) is 9.97. The first-order valence-electron chi connectivity index (χ1n) is 4.65.